The second-order valence-corrected chi connectivity index (χ2v) is 39.7. The molecule has 0 atom stereocenters. The Labute approximate surface area is 741 Å². The Morgan fingerprint density at radius 1 is 0.423 bits per heavy atom. The summed E-state index contributed by atoms with van der Waals surface area (Å²) in [4.78, 5) is 22.7. The maximum Gasteiger partial charge on any atom is 0.466 e. The van der Waals surface area contributed by atoms with Gasteiger partial charge in [-0.25, -0.2) is 30.4 Å². The Kier molecular flexibility index (Phi) is 33.1. The molecule has 4 N–H and O–H groups in total. The smallest absolute Gasteiger partial charge is 0.384 e. The summed E-state index contributed by atoms with van der Waals surface area (Å²) in [6.07, 6.45) is 2.11. The molecule has 23 heteroatoms. The molecule has 0 fully saturated rings. The van der Waals surface area contributed by atoms with E-state index >= 15 is 0 Å². The van der Waals surface area contributed by atoms with Gasteiger partial charge in [0, 0.05) is 59.1 Å². The molecule has 0 saturated carbocycles. The van der Waals surface area contributed by atoms with Gasteiger partial charge in [-0.3, -0.25) is 25.1 Å². The highest BCUT2D eigenvalue weighted by Gasteiger charge is 2.46. The second kappa shape index (κ2) is 39.8. The Morgan fingerprint density at radius 2 is 0.797 bits per heavy atom. The highest BCUT2D eigenvalue weighted by Crippen LogP contribution is 2.50. The van der Waals surface area contributed by atoms with Crippen molar-refractivity contribution in [3.63, 3.8) is 0 Å². The summed E-state index contributed by atoms with van der Waals surface area (Å²) in [5.74, 6) is 1.49. The molecule has 0 radical (unpaired) electrons. The zero-order valence-electron chi connectivity index (χ0n) is 85.4. The van der Waals surface area contributed by atoms with Crippen molar-refractivity contribution in [3.8, 4) is 11.5 Å². The quantitative estimate of drug-likeness (QED) is 0.0507. The number of nitrogens with zero attached hydrogens (tertiary/aromatic N) is 17. The third-order valence-electron chi connectivity index (χ3n) is 28.2. The van der Waals surface area contributed by atoms with E-state index in [-0.39, 0.29) is 18.6 Å². The summed E-state index contributed by atoms with van der Waals surface area (Å²) >= 11 is 0. The number of aromatic nitrogens is 17. The fourth-order valence-corrected chi connectivity index (χ4v) is 16.3. The van der Waals surface area contributed by atoms with Gasteiger partial charge in [-0.2, -0.15) is 14.8 Å². The minimum absolute atomic E-state index is 0.00538. The Hall–Kier alpha value is -9.50. The zero-order valence-corrected chi connectivity index (χ0v) is 86.3. The number of aliphatic hydroxyl groups is 1. The summed E-state index contributed by atoms with van der Waals surface area (Å²) in [6, 6.07) is 2.33. The third kappa shape index (κ3) is 20.7. The molecule has 0 saturated heterocycles. The van der Waals surface area contributed by atoms with Gasteiger partial charge in [0.05, 0.1) is 51.1 Å². The molecule has 11 heterocycles. The van der Waals surface area contributed by atoms with Crippen LogP contribution in [0.25, 0.3) is 17.1 Å². The van der Waals surface area contributed by atoms with Crippen LogP contribution in [-0.2, 0) is 16.3 Å². The van der Waals surface area contributed by atoms with Gasteiger partial charge in [0.15, 0.2) is 5.82 Å². The van der Waals surface area contributed by atoms with Gasteiger partial charge < -0.3 is 28.8 Å². The number of benzene rings is 1. The van der Waals surface area contributed by atoms with Crippen LogP contribution in [0.2, 0.25) is 0 Å². The molecule has 10 aromatic heterocycles. The van der Waals surface area contributed by atoms with Crippen LogP contribution in [0.15, 0.2) is 12.1 Å². The van der Waals surface area contributed by atoms with Crippen molar-refractivity contribution < 1.29 is 14.3 Å². The lowest BCUT2D eigenvalue weighted by atomic mass is 9.73. The molecule has 0 unspecified atom stereocenters. The Bertz CT molecular complexity index is 5640. The average Bonchev–Trinajstić information content (AvgIpc) is 1.55. The average molecular weight is 1700 g/mol. The zero-order chi connectivity index (χ0) is 94.0. The van der Waals surface area contributed by atoms with Crippen LogP contribution in [0.3, 0.4) is 0 Å². The molecule has 0 amide bonds. The van der Waals surface area contributed by atoms with Crippen LogP contribution < -0.4 is 5.32 Å². The molecule has 12 rings (SSSR count). The minimum atomic E-state index is -2.09. The van der Waals surface area contributed by atoms with E-state index in [9.17, 15) is 5.11 Å². The first-order valence-corrected chi connectivity index (χ1v) is 45.8. The van der Waals surface area contributed by atoms with E-state index in [1.807, 2.05) is 34.7 Å². The molecule has 123 heavy (non-hydrogen) atoms. The fourth-order valence-electron chi connectivity index (χ4n) is 15.6. The fraction of sp³-hybridized carbons (Fsp3) is 0.530. The van der Waals surface area contributed by atoms with Crippen LogP contribution >= 0.6 is 7.92 Å². The molecule has 1 aromatic carbocycles. The lowest BCUT2D eigenvalue weighted by Gasteiger charge is -2.45. The van der Waals surface area contributed by atoms with Crippen molar-refractivity contribution in [2.24, 2.45) is 0 Å². The highest BCUT2D eigenvalue weighted by molar-refractivity contribution is 7.57. The first kappa shape index (κ1) is 102. The summed E-state index contributed by atoms with van der Waals surface area (Å²) in [7, 11) is 4.13. The third-order valence-corrected chi connectivity index (χ3v) is 30.7. The Balaban J connectivity index is 0.000000229. The maximum absolute atomic E-state index is 9.95. The summed E-state index contributed by atoms with van der Waals surface area (Å²) in [5, 5.41) is 48.4. The van der Waals surface area contributed by atoms with Crippen LogP contribution in [0.5, 0.6) is 0 Å². The standard InChI is InChI=1S/C24H36BN8.C16H24N2.C13H22N2.C13H19N.C12H16N4.C12H19NO.C10H19N2P/c1-13-17(5)26-30(21(13)9)25(31-22(10)14(2)18(6)27-31,32-23(11)15(3)19(7)28-32)33-24(12)16(4)20(8)29-33;1-10-8-16(13(4)12(3)11(10)2)18-9-17(7)14(5)15(18)6;1-8-9(2)11(4)15-12(10(8)3)13(5,6)14-7;1-7-8(2)13-11(5)9(3)10(4)12(6)14-13;1-6-7(2)9(4)13-11(8(6)3)12-14-10(5)15-16-12;1-7-8(2)10(4)13-11(9(7)3)12(5,6)14;1-7-8(2)11-12-9(7)10(3,4)13(5)6/h1-12H3;8H,9H2,1-7H3;14H,1-7H3;7H,1-6H3;1-5H3,(H,14,15,16);14H,1-6H3;1-6H3,(H,11,12)/q-1;+2;;;;;/b;;;8-7+;;;. The summed E-state index contributed by atoms with van der Waals surface area (Å²) in [6.45, 7) is 98.3. The van der Waals surface area contributed by atoms with E-state index in [2.05, 4.69) is 376 Å². The van der Waals surface area contributed by atoms with E-state index < -0.39 is 12.3 Å². The largest absolute Gasteiger partial charge is 0.466 e. The van der Waals surface area contributed by atoms with Gasteiger partial charge in [0.2, 0.25) is 11.4 Å². The molecule has 1 aliphatic heterocycles. The number of pyridine rings is 4. The molecule has 0 bridgehead atoms. The number of rotatable bonds is 12. The van der Waals surface area contributed by atoms with Gasteiger partial charge in [-0.05, 0) is 444 Å². The minimum Gasteiger partial charge on any atom is -0.384 e. The van der Waals surface area contributed by atoms with Gasteiger partial charge in [-0.15, -0.1) is 12.5 Å². The van der Waals surface area contributed by atoms with E-state index in [1.165, 1.54) is 118 Å². The Morgan fingerprint density at radius 3 is 1.13 bits per heavy atom. The van der Waals surface area contributed by atoms with Crippen molar-refractivity contribution in [2.45, 2.75) is 328 Å². The van der Waals surface area contributed by atoms with Crippen molar-refractivity contribution >= 4 is 37.3 Å². The van der Waals surface area contributed by atoms with Crippen LogP contribution in [0, 0.1) is 242 Å². The number of aromatic amines is 2. The second-order valence-electron chi connectivity index (χ2n) is 36.8. The maximum atomic E-state index is 9.95. The predicted octanol–water partition coefficient (Wildman–Crippen LogP) is 21.7. The van der Waals surface area contributed by atoms with Crippen LogP contribution in [0.1, 0.15) is 289 Å². The predicted molar refractivity (Wildman–Crippen MR) is 520 cm³/mol. The number of H-pyrrole nitrogens is 2. The lowest BCUT2D eigenvalue weighted by Crippen LogP contribution is -2.67. The first-order chi connectivity index (χ1) is 56.6. The van der Waals surface area contributed by atoms with Gasteiger partial charge in [0.1, 0.15) is 24.2 Å². The number of aryl methyl sites for hydroxylation is 11. The normalized spacial score (nSPS) is 12.5. The van der Waals surface area contributed by atoms with Gasteiger partial charge >= 0.3 is 13.4 Å². The van der Waals surface area contributed by atoms with Crippen molar-refractivity contribution in [3.05, 3.63) is 232 Å². The first-order valence-electron chi connectivity index (χ1n) is 43.5. The number of nitrogens with one attached hydrogen (secondary N) is 3. The highest BCUT2D eigenvalue weighted by atomic mass is 31.1. The number of allylic oxidation sites excluding steroid dienone is 2. The van der Waals surface area contributed by atoms with E-state index in [4.69, 9.17) is 25.4 Å². The summed E-state index contributed by atoms with van der Waals surface area (Å²) < 4.78 is 13.2. The molecule has 1 aliphatic rings. The molecule has 21 nitrogen and oxygen atoms in total. The van der Waals surface area contributed by atoms with Gasteiger partial charge in [-0.1, -0.05) is 19.9 Å². The van der Waals surface area contributed by atoms with Crippen molar-refractivity contribution in [1.82, 2.24) is 89.4 Å². The van der Waals surface area contributed by atoms with Crippen LogP contribution in [0.4, 0.5) is 5.69 Å². The molecular weight excluding hydrogens is 1540 g/mol. The molecule has 11 aromatic rings. The van der Waals surface area contributed by atoms with E-state index in [1.54, 1.807) is 13.8 Å². The van der Waals surface area contributed by atoms with Crippen LogP contribution in [-0.4, -0.2) is 151 Å². The number of hydrogen-bond donors (Lipinski definition) is 4. The lowest BCUT2D eigenvalue weighted by molar-refractivity contribution is -0.665. The van der Waals surface area contributed by atoms with Crippen molar-refractivity contribution in [2.75, 3.05) is 34.1 Å². The molecule has 0 aliphatic carbocycles. The monoisotopic (exact) mass is 1690 g/mol. The molecule has 0 spiro atoms. The summed E-state index contributed by atoms with van der Waals surface area (Å²) in [5.41, 5.74) is 50.2. The SMILES string of the molecule is C/C=C(\C)c1nc(C)c(C)c(C)c1C.CC1=[N+](C)C[N+](c2cc(C)c(C)c(C)c2C)=C1C.CNC(C)(C)c1nc(C)c(C)c(C)c1C.Cc1[nH]nc(C(C)(C)P(C)C)c1C.Cc1nc(-c2nc(C)c(C)c(C)c2C)n[nH]1.Cc1nc(C(C)(C)O)c(C)c(C)c1C.Cc1nn([B-](n2nc(C)c(C)c2C)(n2nc(C)c(C)c2C)n2nc(C)c(C)c2C)c(C)c1C. The van der Waals surface area contributed by atoms with Crippen molar-refractivity contribution in [1.29, 1.82) is 0 Å². The molecular formula is C100H155BN20OP+. The van der Waals surface area contributed by atoms with E-state index in [0.29, 0.717) is 5.82 Å². The topological polar surface area (TPSA) is 231 Å². The van der Waals surface area contributed by atoms with Gasteiger partial charge in [0.25, 0.3) is 5.71 Å². The molecule has 668 valence electrons. The number of hydrogen-bond acceptors (Lipinski definition) is 13. The van der Waals surface area contributed by atoms with E-state index in [0.717, 1.165) is 137 Å².